The molecule has 124 valence electrons. The highest BCUT2D eigenvalue weighted by Gasteiger charge is 2.13. The number of nitrogens with zero attached hydrogens (tertiary/aromatic N) is 4. The van der Waals surface area contributed by atoms with Crippen LogP contribution >= 0.6 is 0 Å². The molecule has 0 spiro atoms. The lowest BCUT2D eigenvalue weighted by Gasteiger charge is -2.14. The molecule has 3 rings (SSSR count). The molecule has 0 unspecified atom stereocenters. The Labute approximate surface area is 139 Å². The van der Waals surface area contributed by atoms with Crippen molar-refractivity contribution in [2.24, 2.45) is 0 Å². The normalized spacial score (nSPS) is 14.5. The molecule has 24 heavy (non-hydrogen) atoms. The fourth-order valence-corrected chi connectivity index (χ4v) is 2.63. The van der Waals surface area contributed by atoms with Gasteiger partial charge >= 0.3 is 0 Å². The molecule has 3 N–H and O–H groups in total. The molecule has 1 aliphatic heterocycles. The van der Waals surface area contributed by atoms with Gasteiger partial charge in [-0.2, -0.15) is 5.26 Å². The Balaban J connectivity index is 1.71. The Bertz CT molecular complexity index is 775. The van der Waals surface area contributed by atoms with Crippen molar-refractivity contribution < 1.29 is 0 Å². The summed E-state index contributed by atoms with van der Waals surface area (Å²) >= 11 is 0. The first-order chi connectivity index (χ1) is 11.8. The largest absolute Gasteiger partial charge is 0.356 e. The van der Waals surface area contributed by atoms with Crippen LogP contribution in [0.15, 0.2) is 29.3 Å². The molecule has 0 atom stereocenters. The Morgan fingerprint density at radius 1 is 1.46 bits per heavy atom. The molecule has 0 amide bonds. The second kappa shape index (κ2) is 7.68. The van der Waals surface area contributed by atoms with Crippen molar-refractivity contribution in [1.29, 1.82) is 5.26 Å². The van der Waals surface area contributed by atoms with Gasteiger partial charge in [0.15, 0.2) is 0 Å². The molecule has 0 bridgehead atoms. The third kappa shape index (κ3) is 3.76. The lowest BCUT2D eigenvalue weighted by atomic mass is 10.1. The number of nitriles is 1. The third-order valence-electron chi connectivity index (χ3n) is 3.85. The number of anilines is 1. The molecule has 1 fully saturated rings. The number of H-pyrrole nitrogens is 1. The second-order valence-corrected chi connectivity index (χ2v) is 5.55. The van der Waals surface area contributed by atoms with Crippen LogP contribution < -0.4 is 16.2 Å². The van der Waals surface area contributed by atoms with Crippen molar-refractivity contribution in [2.45, 2.75) is 6.42 Å². The fourth-order valence-electron chi connectivity index (χ4n) is 2.63. The molecule has 0 aromatic carbocycles. The minimum Gasteiger partial charge on any atom is -0.356 e. The molecule has 2 aromatic rings. The van der Waals surface area contributed by atoms with Gasteiger partial charge in [0.05, 0.1) is 5.69 Å². The van der Waals surface area contributed by atoms with Gasteiger partial charge in [0.25, 0.3) is 5.56 Å². The minimum absolute atomic E-state index is 0.00306. The van der Waals surface area contributed by atoms with Crippen LogP contribution in [0.5, 0.6) is 0 Å². The standard InChI is InChI=1S/C16H19N7O/c17-9-13-14(12-3-1-4-18-10-12)21-16(22-15(13)24)20-5-2-7-23-8-6-19-11-23/h1,3-4,10,19H,2,5-8,11H2,(H2,20,21,22,24). The molecule has 1 saturated heterocycles. The highest BCUT2D eigenvalue weighted by Crippen LogP contribution is 2.18. The van der Waals surface area contributed by atoms with Crippen molar-refractivity contribution in [3.05, 3.63) is 40.4 Å². The van der Waals surface area contributed by atoms with Gasteiger partial charge in [0.2, 0.25) is 5.95 Å². The number of pyridine rings is 1. The van der Waals surface area contributed by atoms with E-state index in [2.05, 4.69) is 30.5 Å². The zero-order valence-electron chi connectivity index (χ0n) is 13.2. The molecule has 1 aliphatic rings. The Morgan fingerprint density at radius 2 is 2.38 bits per heavy atom. The molecule has 3 heterocycles. The minimum atomic E-state index is -0.447. The summed E-state index contributed by atoms with van der Waals surface area (Å²) in [7, 11) is 0. The summed E-state index contributed by atoms with van der Waals surface area (Å²) in [6, 6.07) is 5.44. The summed E-state index contributed by atoms with van der Waals surface area (Å²) in [6.07, 6.45) is 4.16. The van der Waals surface area contributed by atoms with Crippen LogP contribution in [0.25, 0.3) is 11.3 Å². The summed E-state index contributed by atoms with van der Waals surface area (Å²) in [5, 5.41) is 15.6. The Kier molecular flexibility index (Phi) is 5.15. The first kappa shape index (κ1) is 16.1. The maximum Gasteiger partial charge on any atom is 0.270 e. The second-order valence-electron chi connectivity index (χ2n) is 5.55. The fraction of sp³-hybridized carbons (Fsp3) is 0.375. The van der Waals surface area contributed by atoms with E-state index < -0.39 is 5.56 Å². The van der Waals surface area contributed by atoms with Gasteiger partial charge in [-0.3, -0.25) is 19.7 Å². The van der Waals surface area contributed by atoms with Crippen LogP contribution in [0.3, 0.4) is 0 Å². The molecular formula is C16H19N7O. The molecule has 0 aliphatic carbocycles. The molecule has 0 saturated carbocycles. The van der Waals surface area contributed by atoms with Crippen molar-refractivity contribution in [3.63, 3.8) is 0 Å². The molecule has 8 heteroatoms. The van der Waals surface area contributed by atoms with Gasteiger partial charge in [0, 0.05) is 50.8 Å². The van der Waals surface area contributed by atoms with E-state index in [1.165, 1.54) is 0 Å². The van der Waals surface area contributed by atoms with Gasteiger partial charge in [-0.1, -0.05) is 0 Å². The first-order valence-corrected chi connectivity index (χ1v) is 7.89. The number of aromatic amines is 1. The summed E-state index contributed by atoms with van der Waals surface area (Å²) in [5.74, 6) is 0.373. The smallest absolute Gasteiger partial charge is 0.270 e. The highest BCUT2D eigenvalue weighted by molar-refractivity contribution is 5.66. The van der Waals surface area contributed by atoms with Crippen LogP contribution in [0.2, 0.25) is 0 Å². The van der Waals surface area contributed by atoms with Crippen LogP contribution in [0.4, 0.5) is 5.95 Å². The highest BCUT2D eigenvalue weighted by atomic mass is 16.1. The number of aromatic nitrogens is 3. The van der Waals surface area contributed by atoms with E-state index in [0.29, 0.717) is 23.8 Å². The molecular weight excluding hydrogens is 306 g/mol. The van der Waals surface area contributed by atoms with Crippen molar-refractivity contribution in [1.82, 2.24) is 25.2 Å². The molecule has 8 nitrogen and oxygen atoms in total. The Hall–Kier alpha value is -2.76. The first-order valence-electron chi connectivity index (χ1n) is 7.89. The van der Waals surface area contributed by atoms with Crippen LogP contribution in [0, 0.1) is 11.3 Å². The monoisotopic (exact) mass is 325 g/mol. The number of hydrogen-bond acceptors (Lipinski definition) is 7. The van der Waals surface area contributed by atoms with E-state index in [9.17, 15) is 10.1 Å². The number of nitrogens with one attached hydrogen (secondary N) is 3. The number of rotatable bonds is 6. The molecule has 2 aromatic heterocycles. The summed E-state index contributed by atoms with van der Waals surface area (Å²) < 4.78 is 0. The van der Waals surface area contributed by atoms with Gasteiger partial charge in [0.1, 0.15) is 11.6 Å². The van der Waals surface area contributed by atoms with E-state index in [-0.39, 0.29) is 5.56 Å². The quantitative estimate of drug-likeness (QED) is 0.658. The maximum absolute atomic E-state index is 12.1. The van der Waals surface area contributed by atoms with E-state index in [1.807, 2.05) is 6.07 Å². The zero-order chi connectivity index (χ0) is 16.8. The molecule has 0 radical (unpaired) electrons. The summed E-state index contributed by atoms with van der Waals surface area (Å²) in [6.45, 7) is 4.70. The van der Waals surface area contributed by atoms with E-state index in [1.54, 1.807) is 24.5 Å². The predicted octanol–water partition coefficient (Wildman–Crippen LogP) is 0.368. The van der Waals surface area contributed by atoms with E-state index >= 15 is 0 Å². The third-order valence-corrected chi connectivity index (χ3v) is 3.85. The topological polar surface area (TPSA) is 110 Å². The SMILES string of the molecule is N#Cc1c(-c2cccnc2)nc(NCCCN2CCNC2)[nH]c1=O. The average Bonchev–Trinajstić information content (AvgIpc) is 3.12. The van der Waals surface area contributed by atoms with Gasteiger partial charge in [-0.05, 0) is 18.6 Å². The lowest BCUT2D eigenvalue weighted by molar-refractivity contribution is 0.333. The summed E-state index contributed by atoms with van der Waals surface area (Å²) in [5.41, 5.74) is 0.543. The van der Waals surface area contributed by atoms with E-state index in [4.69, 9.17) is 0 Å². The average molecular weight is 325 g/mol. The van der Waals surface area contributed by atoms with Gasteiger partial charge in [-0.25, -0.2) is 4.98 Å². The van der Waals surface area contributed by atoms with Crippen LogP contribution in [-0.4, -0.2) is 52.7 Å². The lowest BCUT2D eigenvalue weighted by Crippen LogP contribution is -2.25. The van der Waals surface area contributed by atoms with Crippen LogP contribution in [-0.2, 0) is 0 Å². The van der Waals surface area contributed by atoms with Gasteiger partial charge < -0.3 is 10.6 Å². The van der Waals surface area contributed by atoms with Crippen molar-refractivity contribution >= 4 is 5.95 Å². The van der Waals surface area contributed by atoms with Gasteiger partial charge in [-0.15, -0.1) is 0 Å². The predicted molar refractivity (Wildman–Crippen MR) is 90.4 cm³/mol. The number of hydrogen-bond donors (Lipinski definition) is 3. The maximum atomic E-state index is 12.1. The Morgan fingerprint density at radius 3 is 3.08 bits per heavy atom. The zero-order valence-corrected chi connectivity index (χ0v) is 13.2. The van der Waals surface area contributed by atoms with Crippen molar-refractivity contribution in [2.75, 3.05) is 38.2 Å². The summed E-state index contributed by atoms with van der Waals surface area (Å²) in [4.78, 5) is 25.5. The van der Waals surface area contributed by atoms with Crippen LogP contribution in [0.1, 0.15) is 12.0 Å². The van der Waals surface area contributed by atoms with Crippen molar-refractivity contribution in [3.8, 4) is 17.3 Å². The van der Waals surface area contributed by atoms with E-state index in [0.717, 1.165) is 32.7 Å².